The van der Waals surface area contributed by atoms with Gasteiger partial charge in [0.1, 0.15) is 6.61 Å². The van der Waals surface area contributed by atoms with Crippen LogP contribution in [0.4, 0.5) is 4.79 Å². The van der Waals surface area contributed by atoms with Gasteiger partial charge in [-0.25, -0.2) is 4.79 Å². The van der Waals surface area contributed by atoms with Crippen molar-refractivity contribution in [3.05, 3.63) is 137 Å². The maximum atomic E-state index is 13.3. The molecule has 0 saturated carbocycles. The Morgan fingerprint density at radius 2 is 1.56 bits per heavy atom. The molecule has 0 bridgehead atoms. The molecule has 7 heteroatoms. The summed E-state index contributed by atoms with van der Waals surface area (Å²) < 4.78 is 5.70. The van der Waals surface area contributed by atoms with Gasteiger partial charge in [0.05, 0.1) is 12.6 Å². The summed E-state index contributed by atoms with van der Waals surface area (Å²) in [7, 11) is 0. The van der Waals surface area contributed by atoms with Gasteiger partial charge in [-0.15, -0.1) is 0 Å². The molecule has 6 rings (SSSR count). The molecule has 0 unspecified atom stereocenters. The summed E-state index contributed by atoms with van der Waals surface area (Å²) in [6, 6.07) is 30.4. The number of ether oxygens (including phenoxy) is 1. The van der Waals surface area contributed by atoms with Crippen LogP contribution in [0.2, 0.25) is 0 Å². The molecule has 0 saturated heterocycles. The third kappa shape index (κ3) is 5.53. The number of hydrogen-bond acceptors (Lipinski definition) is 5. The van der Waals surface area contributed by atoms with E-state index in [2.05, 4.69) is 39.9 Å². The zero-order chi connectivity index (χ0) is 28.2. The van der Waals surface area contributed by atoms with Crippen molar-refractivity contribution in [1.29, 1.82) is 0 Å². The van der Waals surface area contributed by atoms with Gasteiger partial charge < -0.3 is 20.5 Å². The lowest BCUT2D eigenvalue weighted by molar-refractivity contribution is 0.0933. The van der Waals surface area contributed by atoms with Crippen LogP contribution in [-0.2, 0) is 11.3 Å². The Bertz CT molecular complexity index is 1670. The van der Waals surface area contributed by atoms with Crippen LogP contribution in [0.15, 0.2) is 109 Å². The second-order valence-electron chi connectivity index (χ2n) is 10.1. The normalized spacial score (nSPS) is 12.8. The van der Waals surface area contributed by atoms with Gasteiger partial charge >= 0.3 is 6.09 Å². The number of nitrogens with zero attached hydrogens (tertiary/aromatic N) is 1. The molecule has 2 amide bonds. The summed E-state index contributed by atoms with van der Waals surface area (Å²) >= 11 is 0. The molecule has 1 atom stereocenters. The minimum absolute atomic E-state index is 0.0437. The second kappa shape index (κ2) is 11.6. The Morgan fingerprint density at radius 1 is 0.854 bits per heavy atom. The molecule has 3 N–H and O–H groups in total. The first-order valence-corrected chi connectivity index (χ1v) is 13.5. The fraction of sp³-hybridized carbons (Fsp3) is 0.147. The van der Waals surface area contributed by atoms with Crippen molar-refractivity contribution in [3.63, 3.8) is 0 Å². The number of carbonyl (C=O) groups excluding carboxylic acids is 2. The SMILES string of the molecule is O=C(NC[C@@H](NC(=O)c1ccc2cnccc2c1)c1ccc(CO)cc1)OCC1c2ccccc2-c2ccccc21. The summed E-state index contributed by atoms with van der Waals surface area (Å²) in [5.74, 6) is -0.313. The number of aliphatic hydroxyl groups is 1. The molecule has 0 aliphatic heterocycles. The van der Waals surface area contributed by atoms with Crippen molar-refractivity contribution in [2.24, 2.45) is 0 Å². The van der Waals surface area contributed by atoms with Gasteiger partial charge in [-0.05, 0) is 57.0 Å². The van der Waals surface area contributed by atoms with Crippen molar-refractivity contribution < 1.29 is 19.4 Å². The number of fused-ring (bicyclic) bond motifs is 4. The summed E-state index contributed by atoms with van der Waals surface area (Å²) in [5.41, 5.74) is 6.66. The number of amides is 2. The maximum absolute atomic E-state index is 13.3. The van der Waals surface area contributed by atoms with E-state index in [9.17, 15) is 14.7 Å². The van der Waals surface area contributed by atoms with E-state index in [-0.39, 0.29) is 31.6 Å². The summed E-state index contributed by atoms with van der Waals surface area (Å²) in [5, 5.41) is 17.2. The average Bonchev–Trinajstić information content (AvgIpc) is 3.35. The van der Waals surface area contributed by atoms with Crippen molar-refractivity contribution >= 4 is 22.8 Å². The van der Waals surface area contributed by atoms with E-state index in [1.165, 1.54) is 0 Å². The van der Waals surface area contributed by atoms with Crippen molar-refractivity contribution in [3.8, 4) is 11.1 Å². The number of pyridine rings is 1. The monoisotopic (exact) mass is 543 g/mol. The van der Waals surface area contributed by atoms with E-state index in [1.54, 1.807) is 30.6 Å². The molecule has 0 fully saturated rings. The van der Waals surface area contributed by atoms with Gasteiger partial charge in [0.25, 0.3) is 5.91 Å². The van der Waals surface area contributed by atoms with Crippen LogP contribution in [-0.4, -0.2) is 35.2 Å². The number of aromatic nitrogens is 1. The number of hydrogen-bond donors (Lipinski definition) is 3. The first-order valence-electron chi connectivity index (χ1n) is 13.5. The minimum atomic E-state index is -0.559. The van der Waals surface area contributed by atoms with Crippen LogP contribution >= 0.6 is 0 Å². The number of alkyl carbamates (subject to hydrolysis) is 1. The summed E-state index contributed by atoms with van der Waals surface area (Å²) in [4.78, 5) is 30.3. The first-order chi connectivity index (χ1) is 20.1. The molecule has 1 aromatic heterocycles. The van der Waals surface area contributed by atoms with Gasteiger partial charge in [0, 0.05) is 35.8 Å². The van der Waals surface area contributed by atoms with Crippen LogP contribution in [0.3, 0.4) is 0 Å². The van der Waals surface area contributed by atoms with Gasteiger partial charge in [0.2, 0.25) is 0 Å². The van der Waals surface area contributed by atoms with E-state index >= 15 is 0 Å². The molecule has 1 aliphatic rings. The van der Waals surface area contributed by atoms with Crippen molar-refractivity contribution in [1.82, 2.24) is 15.6 Å². The minimum Gasteiger partial charge on any atom is -0.449 e. The predicted octanol–water partition coefficient (Wildman–Crippen LogP) is 5.74. The van der Waals surface area contributed by atoms with E-state index in [0.717, 1.165) is 44.2 Å². The highest BCUT2D eigenvalue weighted by molar-refractivity contribution is 5.98. The Morgan fingerprint density at radius 3 is 2.27 bits per heavy atom. The van der Waals surface area contributed by atoms with Gasteiger partial charge in [-0.3, -0.25) is 9.78 Å². The fourth-order valence-electron chi connectivity index (χ4n) is 5.41. The molecule has 7 nitrogen and oxygen atoms in total. The smallest absolute Gasteiger partial charge is 0.407 e. The summed E-state index contributed by atoms with van der Waals surface area (Å²) in [6.07, 6.45) is 2.88. The standard InChI is InChI=1S/C34H29N3O4/c38-20-22-9-11-23(12-10-22)32(37-33(39)25-13-14-26-18-35-16-15-24(26)17-25)19-36-34(40)41-21-31-29-7-3-1-5-27(29)28-6-2-4-8-30(28)31/h1-18,31-32,38H,19-21H2,(H,36,40)(H,37,39)/t32-/m1/s1. The number of carbonyl (C=O) groups is 2. The largest absolute Gasteiger partial charge is 0.449 e. The quantitative estimate of drug-likeness (QED) is 0.232. The molecular weight excluding hydrogens is 514 g/mol. The average molecular weight is 544 g/mol. The number of aliphatic hydroxyl groups excluding tert-OH is 1. The second-order valence-corrected chi connectivity index (χ2v) is 10.1. The van der Waals surface area contributed by atoms with Crippen LogP contribution in [0.5, 0.6) is 0 Å². The molecule has 4 aromatic carbocycles. The number of nitrogens with one attached hydrogen (secondary N) is 2. The van der Waals surface area contributed by atoms with Crippen LogP contribution in [0.25, 0.3) is 21.9 Å². The first kappa shape index (κ1) is 26.2. The topological polar surface area (TPSA) is 101 Å². The molecule has 0 radical (unpaired) electrons. The highest BCUT2D eigenvalue weighted by Crippen LogP contribution is 2.44. The lowest BCUT2D eigenvalue weighted by Crippen LogP contribution is -2.38. The van der Waals surface area contributed by atoms with Crippen LogP contribution in [0.1, 0.15) is 44.6 Å². The van der Waals surface area contributed by atoms with E-state index in [0.29, 0.717) is 5.56 Å². The third-order valence-corrected chi connectivity index (χ3v) is 7.57. The van der Waals surface area contributed by atoms with Crippen LogP contribution in [0, 0.1) is 0 Å². The zero-order valence-electron chi connectivity index (χ0n) is 22.3. The Labute approximate surface area is 237 Å². The van der Waals surface area contributed by atoms with Crippen LogP contribution < -0.4 is 10.6 Å². The molecular formula is C34H29N3O4. The molecule has 1 aliphatic carbocycles. The van der Waals surface area contributed by atoms with E-state index in [4.69, 9.17) is 4.74 Å². The highest BCUT2D eigenvalue weighted by Gasteiger charge is 2.29. The van der Waals surface area contributed by atoms with E-state index in [1.807, 2.05) is 54.6 Å². The maximum Gasteiger partial charge on any atom is 0.407 e. The van der Waals surface area contributed by atoms with Gasteiger partial charge in [-0.1, -0.05) is 78.9 Å². The van der Waals surface area contributed by atoms with Gasteiger partial charge in [-0.2, -0.15) is 0 Å². The molecule has 204 valence electrons. The third-order valence-electron chi connectivity index (χ3n) is 7.57. The van der Waals surface area contributed by atoms with Gasteiger partial charge in [0.15, 0.2) is 0 Å². The highest BCUT2D eigenvalue weighted by atomic mass is 16.5. The number of benzene rings is 4. The molecule has 5 aromatic rings. The number of rotatable bonds is 8. The molecule has 0 spiro atoms. The zero-order valence-corrected chi connectivity index (χ0v) is 22.3. The Kier molecular flexibility index (Phi) is 7.43. The van der Waals surface area contributed by atoms with Crippen molar-refractivity contribution in [2.75, 3.05) is 13.2 Å². The lowest BCUT2D eigenvalue weighted by atomic mass is 9.98. The molecule has 1 heterocycles. The van der Waals surface area contributed by atoms with Crippen molar-refractivity contribution in [2.45, 2.75) is 18.6 Å². The lowest BCUT2D eigenvalue weighted by Gasteiger charge is -2.21. The van der Waals surface area contributed by atoms with E-state index < -0.39 is 12.1 Å². The molecule has 41 heavy (non-hydrogen) atoms. The fourth-order valence-corrected chi connectivity index (χ4v) is 5.41. The predicted molar refractivity (Wildman–Crippen MR) is 157 cm³/mol. The summed E-state index contributed by atoms with van der Waals surface area (Å²) in [6.45, 7) is 0.244. The Balaban J connectivity index is 1.15. The Hall–Kier alpha value is -5.01.